The van der Waals surface area contributed by atoms with Crippen LogP contribution in [0, 0.1) is 10.1 Å². The fourth-order valence-electron chi connectivity index (χ4n) is 2.67. The van der Waals surface area contributed by atoms with Crippen molar-refractivity contribution in [3.63, 3.8) is 0 Å². The Kier molecular flexibility index (Phi) is 6.68. The van der Waals surface area contributed by atoms with E-state index in [-0.39, 0.29) is 23.8 Å². The summed E-state index contributed by atoms with van der Waals surface area (Å²) in [6.45, 7) is 3.01. The molecule has 0 aliphatic carbocycles. The molecule has 0 radical (unpaired) electrons. The summed E-state index contributed by atoms with van der Waals surface area (Å²) >= 11 is 0. The molecule has 0 aliphatic rings. The first-order chi connectivity index (χ1) is 12.4. The largest absolute Gasteiger partial charge is 0.496 e. The third-order valence-electron chi connectivity index (χ3n) is 4.08. The topological polar surface area (TPSA) is 85.9 Å². The maximum atomic E-state index is 12.3. The number of nitrogens with one attached hydrogen (secondary N) is 2. The van der Waals surface area contributed by atoms with Crippen molar-refractivity contribution in [2.45, 2.75) is 19.9 Å². The van der Waals surface area contributed by atoms with Gasteiger partial charge in [-0.3, -0.25) is 14.9 Å². The fraction of sp³-hybridized carbons (Fsp3) is 0.316. The number of hydrogen-bond acceptors (Lipinski definition) is 4. The number of quaternary nitrogens is 1. The molecule has 138 valence electrons. The Balaban J connectivity index is 1.98. The van der Waals surface area contributed by atoms with Crippen molar-refractivity contribution in [1.29, 1.82) is 0 Å². The zero-order valence-electron chi connectivity index (χ0n) is 15.2. The van der Waals surface area contributed by atoms with Crippen LogP contribution in [0.1, 0.15) is 18.1 Å². The first-order valence-corrected chi connectivity index (χ1v) is 8.44. The van der Waals surface area contributed by atoms with Gasteiger partial charge in [-0.2, -0.15) is 0 Å². The molecule has 0 spiro atoms. The highest BCUT2D eigenvalue weighted by atomic mass is 16.6. The molecule has 26 heavy (non-hydrogen) atoms. The van der Waals surface area contributed by atoms with Crippen molar-refractivity contribution in [1.82, 2.24) is 0 Å². The van der Waals surface area contributed by atoms with Gasteiger partial charge in [-0.25, -0.2) is 0 Å². The monoisotopic (exact) mass is 358 g/mol. The first-order valence-electron chi connectivity index (χ1n) is 8.44. The lowest BCUT2D eigenvalue weighted by atomic mass is 10.1. The molecule has 2 aromatic carbocycles. The zero-order valence-corrected chi connectivity index (χ0v) is 15.2. The number of likely N-dealkylation sites (N-methyl/N-ethyl adjacent to an activating group) is 1. The minimum atomic E-state index is -0.538. The maximum Gasteiger partial charge on any atom is 0.296 e. The molecule has 1 amide bonds. The van der Waals surface area contributed by atoms with Crippen LogP contribution in [0.25, 0.3) is 0 Å². The number of nitro benzene ring substituents is 1. The average molecular weight is 358 g/mol. The molecule has 7 heteroatoms. The smallest absolute Gasteiger partial charge is 0.296 e. The third kappa shape index (κ3) is 5.29. The van der Waals surface area contributed by atoms with E-state index in [0.717, 1.165) is 16.9 Å². The number of nitro groups is 1. The van der Waals surface area contributed by atoms with Gasteiger partial charge in [0, 0.05) is 5.56 Å². The summed E-state index contributed by atoms with van der Waals surface area (Å²) in [5.74, 6) is 0.0916. The van der Waals surface area contributed by atoms with Gasteiger partial charge in [0.1, 0.15) is 18.0 Å². The second-order valence-corrected chi connectivity index (χ2v) is 6.17. The van der Waals surface area contributed by atoms with Crippen molar-refractivity contribution >= 4 is 17.3 Å². The van der Waals surface area contributed by atoms with Crippen molar-refractivity contribution in [2.75, 3.05) is 26.0 Å². The number of aryl methyl sites for hydroxylation is 1. The normalized spacial score (nSPS) is 11.7. The summed E-state index contributed by atoms with van der Waals surface area (Å²) in [6, 6.07) is 12.7. The Labute approximate surface area is 152 Å². The van der Waals surface area contributed by atoms with Crippen LogP contribution in [0.15, 0.2) is 42.5 Å². The molecule has 2 rings (SSSR count). The Bertz CT molecular complexity index is 775. The minimum Gasteiger partial charge on any atom is -0.496 e. The molecule has 0 aromatic heterocycles. The molecule has 7 nitrogen and oxygen atoms in total. The first kappa shape index (κ1) is 19.4. The predicted molar refractivity (Wildman–Crippen MR) is 99.6 cm³/mol. The van der Waals surface area contributed by atoms with E-state index in [2.05, 4.69) is 36.5 Å². The lowest BCUT2D eigenvalue weighted by molar-refractivity contribution is -0.885. The van der Waals surface area contributed by atoms with Crippen LogP contribution in [-0.2, 0) is 17.8 Å². The second kappa shape index (κ2) is 8.96. The maximum absolute atomic E-state index is 12.3. The minimum absolute atomic E-state index is 0.167. The van der Waals surface area contributed by atoms with E-state index in [9.17, 15) is 14.9 Å². The summed E-state index contributed by atoms with van der Waals surface area (Å²) in [7, 11) is 3.35. The summed E-state index contributed by atoms with van der Waals surface area (Å²) in [5, 5.41) is 13.8. The third-order valence-corrected chi connectivity index (χ3v) is 4.08. The number of benzene rings is 2. The standard InChI is InChI=1S/C19H23N3O4/c1-4-14-5-7-15(8-6-14)12-21(2)13-19(23)20-17-10-9-16(26-3)11-18(17)22(24)25/h5-11H,4,12-13H2,1-3H3,(H,20,23)/p+1. The van der Waals surface area contributed by atoms with E-state index in [4.69, 9.17) is 4.74 Å². The van der Waals surface area contributed by atoms with Gasteiger partial charge in [0.25, 0.3) is 11.6 Å². The van der Waals surface area contributed by atoms with Gasteiger partial charge in [-0.1, -0.05) is 31.2 Å². The molecule has 0 heterocycles. The SMILES string of the molecule is CCc1ccc(C[NH+](C)CC(=O)Nc2ccc(OC)cc2[N+](=O)[O-])cc1. The summed E-state index contributed by atoms with van der Waals surface area (Å²) in [5.41, 5.74) is 2.39. The van der Waals surface area contributed by atoms with Gasteiger partial charge in [-0.05, 0) is 24.1 Å². The van der Waals surface area contributed by atoms with E-state index in [0.29, 0.717) is 12.3 Å². The van der Waals surface area contributed by atoms with E-state index < -0.39 is 4.92 Å². The van der Waals surface area contributed by atoms with E-state index in [1.807, 2.05) is 7.05 Å². The van der Waals surface area contributed by atoms with Crippen LogP contribution >= 0.6 is 0 Å². The number of anilines is 1. The summed E-state index contributed by atoms with van der Waals surface area (Å²) in [6.07, 6.45) is 0.992. The molecule has 2 aromatic rings. The van der Waals surface area contributed by atoms with E-state index >= 15 is 0 Å². The van der Waals surface area contributed by atoms with Crippen LogP contribution in [0.3, 0.4) is 0 Å². The van der Waals surface area contributed by atoms with Gasteiger partial charge >= 0.3 is 0 Å². The quantitative estimate of drug-likeness (QED) is 0.557. The average Bonchev–Trinajstić information content (AvgIpc) is 2.62. The summed E-state index contributed by atoms with van der Waals surface area (Å²) in [4.78, 5) is 23.9. The van der Waals surface area contributed by atoms with Gasteiger partial charge < -0.3 is 15.0 Å². The van der Waals surface area contributed by atoms with Gasteiger partial charge in [0.2, 0.25) is 0 Å². The Morgan fingerprint density at radius 3 is 2.42 bits per heavy atom. The van der Waals surface area contributed by atoms with E-state index in [1.54, 1.807) is 6.07 Å². The molecule has 2 N–H and O–H groups in total. The molecular weight excluding hydrogens is 334 g/mol. The highest BCUT2D eigenvalue weighted by molar-refractivity contribution is 5.93. The Hall–Kier alpha value is -2.93. The fourth-order valence-corrected chi connectivity index (χ4v) is 2.67. The number of carbonyl (C=O) groups excluding carboxylic acids is 1. The number of rotatable bonds is 8. The van der Waals surface area contributed by atoms with Crippen molar-refractivity contribution in [3.8, 4) is 5.75 Å². The van der Waals surface area contributed by atoms with Crippen LogP contribution in [0.4, 0.5) is 11.4 Å². The van der Waals surface area contributed by atoms with Crippen LogP contribution in [0.2, 0.25) is 0 Å². The molecular formula is C19H24N3O4+. The van der Waals surface area contributed by atoms with Gasteiger partial charge in [0.15, 0.2) is 6.54 Å². The lowest BCUT2D eigenvalue weighted by Crippen LogP contribution is -3.08. The highest BCUT2D eigenvalue weighted by Crippen LogP contribution is 2.28. The van der Waals surface area contributed by atoms with Gasteiger partial charge in [-0.15, -0.1) is 0 Å². The van der Waals surface area contributed by atoms with Crippen LogP contribution in [0.5, 0.6) is 5.75 Å². The van der Waals surface area contributed by atoms with Gasteiger partial charge in [0.05, 0.1) is 25.1 Å². The number of amides is 1. The molecule has 0 saturated carbocycles. The van der Waals surface area contributed by atoms with Crippen molar-refractivity contribution < 1.29 is 19.4 Å². The van der Waals surface area contributed by atoms with Crippen LogP contribution < -0.4 is 15.0 Å². The van der Waals surface area contributed by atoms with Crippen molar-refractivity contribution in [3.05, 3.63) is 63.7 Å². The van der Waals surface area contributed by atoms with Crippen LogP contribution in [-0.4, -0.2) is 31.5 Å². The second-order valence-electron chi connectivity index (χ2n) is 6.17. The number of methoxy groups -OCH3 is 1. The molecule has 0 saturated heterocycles. The predicted octanol–water partition coefficient (Wildman–Crippen LogP) is 1.82. The number of hydrogen-bond donors (Lipinski definition) is 2. The number of nitrogens with zero attached hydrogens (tertiary/aromatic N) is 1. The number of ether oxygens (including phenoxy) is 1. The van der Waals surface area contributed by atoms with Crippen molar-refractivity contribution in [2.24, 2.45) is 0 Å². The zero-order chi connectivity index (χ0) is 19.1. The Morgan fingerprint density at radius 1 is 1.19 bits per heavy atom. The van der Waals surface area contributed by atoms with E-state index in [1.165, 1.54) is 24.8 Å². The lowest BCUT2D eigenvalue weighted by Gasteiger charge is -2.14. The number of carbonyl (C=O) groups is 1. The molecule has 0 aliphatic heterocycles. The molecule has 1 unspecified atom stereocenters. The molecule has 1 atom stereocenters. The highest BCUT2D eigenvalue weighted by Gasteiger charge is 2.19. The molecule has 0 bridgehead atoms. The Morgan fingerprint density at radius 2 is 1.85 bits per heavy atom. The molecule has 0 fully saturated rings. The summed E-state index contributed by atoms with van der Waals surface area (Å²) < 4.78 is 4.99.